The Labute approximate surface area is 322 Å². The molecule has 0 unspecified atom stereocenters. The van der Waals surface area contributed by atoms with E-state index in [2.05, 4.69) is 44.1 Å². The van der Waals surface area contributed by atoms with Gasteiger partial charge in [-0.2, -0.15) is 0 Å². The van der Waals surface area contributed by atoms with E-state index in [-0.39, 0.29) is 134 Å². The molecule has 0 fully saturated rings. The Morgan fingerprint density at radius 2 is 1.36 bits per heavy atom. The van der Waals surface area contributed by atoms with E-state index in [1.54, 1.807) is 13.8 Å². The first-order valence-corrected chi connectivity index (χ1v) is 11.0. The van der Waals surface area contributed by atoms with Crippen molar-refractivity contribution in [1.29, 1.82) is 0 Å². The van der Waals surface area contributed by atoms with Crippen LogP contribution in [-0.2, 0) is 19.2 Å². The van der Waals surface area contributed by atoms with Crippen molar-refractivity contribution in [3.8, 4) is 11.5 Å². The summed E-state index contributed by atoms with van der Waals surface area (Å²) in [5.74, 6) is -2.94. The molecule has 39 heavy (non-hydrogen) atoms. The first kappa shape index (κ1) is 45.9. The minimum Gasteiger partial charge on any atom is -1.00 e. The molecule has 212 valence electrons. The number of aromatic hydroxyl groups is 1. The molecule has 0 aliphatic rings. The van der Waals surface area contributed by atoms with Gasteiger partial charge in [-0.3, -0.25) is 9.18 Å². The Morgan fingerprint density at radius 3 is 1.64 bits per heavy atom. The van der Waals surface area contributed by atoms with Crippen molar-refractivity contribution in [1.82, 2.24) is 0 Å². The molecule has 15 heteroatoms. The van der Waals surface area contributed by atoms with Crippen molar-refractivity contribution in [3.05, 3.63) is 59.2 Å². The number of halogens is 4. The number of methoxy groups -OCH3 is 2. The van der Waals surface area contributed by atoms with Gasteiger partial charge in [0.1, 0.15) is 0 Å². The molecule has 0 spiro atoms. The Morgan fingerprint density at radius 1 is 1.00 bits per heavy atom. The van der Waals surface area contributed by atoms with Gasteiger partial charge in [0, 0.05) is 4.83 Å². The zero-order valence-corrected chi connectivity index (χ0v) is 31.0. The van der Waals surface area contributed by atoms with Crippen molar-refractivity contribution in [2.24, 2.45) is 0 Å². The molecule has 0 saturated carbocycles. The van der Waals surface area contributed by atoms with E-state index >= 15 is 0 Å². The molecule has 0 atom stereocenters. The average Bonchev–Trinajstić information content (AvgIpc) is 2.86. The van der Waals surface area contributed by atoms with Crippen LogP contribution in [0.3, 0.4) is 0 Å². The molecule has 0 bridgehead atoms. The number of rotatable bonds is 5. The number of phenolic OH excluding ortho intramolecular Hbond substituents is 1. The molecule has 0 radical (unpaired) electrons. The SMILES string of the molecule is CC(C)Br.COC(=O)c1ccc(O)c(F)c1.COC(=O)c1ccc(OC(C)C)c(F)c1.O=CO[O-].[2H]CF.[H-].[K+].[K+]. The molecule has 1 N–H and O–H groups in total. The minimum absolute atomic E-state index is 0. The van der Waals surface area contributed by atoms with Crippen molar-refractivity contribution < 1.29 is 163 Å². The molecule has 0 aliphatic heterocycles. The number of alkyl halides is 2. The second-order valence-electron chi connectivity index (χ2n) is 6.67. The Hall–Kier alpha value is -0.0473. The quantitative estimate of drug-likeness (QED) is 0.102. The van der Waals surface area contributed by atoms with Gasteiger partial charge in [0.25, 0.3) is 6.47 Å². The van der Waals surface area contributed by atoms with Crippen LogP contribution in [0, 0.1) is 11.6 Å². The van der Waals surface area contributed by atoms with Crippen LogP contribution in [0.25, 0.3) is 0 Å². The van der Waals surface area contributed by atoms with Crippen LogP contribution in [-0.4, -0.2) is 55.8 Å². The van der Waals surface area contributed by atoms with Crippen molar-refractivity contribution in [2.45, 2.75) is 38.6 Å². The number of carbonyl (C=O) groups is 3. The summed E-state index contributed by atoms with van der Waals surface area (Å²) in [4.78, 5) is 33.8. The topological polar surface area (TPSA) is 131 Å². The predicted octanol–water partition coefficient (Wildman–Crippen LogP) is -1.35. The van der Waals surface area contributed by atoms with Crippen molar-refractivity contribution >= 4 is 34.3 Å². The van der Waals surface area contributed by atoms with Gasteiger partial charge >= 0.3 is 115 Å². The molecule has 0 aliphatic carbocycles. The number of esters is 2. The third-order valence-corrected chi connectivity index (χ3v) is 3.12. The van der Waals surface area contributed by atoms with Crippen LogP contribution in [0.2, 0.25) is 0 Å². The summed E-state index contributed by atoms with van der Waals surface area (Å²) in [6.45, 7) is 7.58. The smallest absolute Gasteiger partial charge is 1.00 e. The molecule has 2 aromatic carbocycles. The molecular weight excluding hydrogens is 647 g/mol. The number of benzene rings is 2. The largest absolute Gasteiger partial charge is 1.00 e. The van der Waals surface area contributed by atoms with Crippen molar-refractivity contribution in [2.75, 3.05) is 21.4 Å². The van der Waals surface area contributed by atoms with Gasteiger partial charge in [-0.15, -0.1) is 0 Å². The van der Waals surface area contributed by atoms with Gasteiger partial charge in [0.05, 0.1) is 40.0 Å². The van der Waals surface area contributed by atoms with Gasteiger partial charge in [-0.05, 0) is 50.2 Å². The van der Waals surface area contributed by atoms with Gasteiger partial charge in [0.2, 0.25) is 0 Å². The molecule has 0 aromatic heterocycles. The summed E-state index contributed by atoms with van der Waals surface area (Å²) < 4.78 is 55.5. The summed E-state index contributed by atoms with van der Waals surface area (Å²) >= 11 is 3.27. The summed E-state index contributed by atoms with van der Waals surface area (Å²) in [5.41, 5.74) is 0.249. The summed E-state index contributed by atoms with van der Waals surface area (Å²) in [6, 6.07) is 7.28. The summed E-state index contributed by atoms with van der Waals surface area (Å²) in [7, 11) is 1.45. The monoisotopic (exact) mass is 679 g/mol. The molecule has 0 amide bonds. The van der Waals surface area contributed by atoms with E-state index in [0.29, 0.717) is 4.83 Å². The molecule has 0 heterocycles. The maximum absolute atomic E-state index is 13.4. The fourth-order valence-electron chi connectivity index (χ4n) is 1.85. The van der Waals surface area contributed by atoms with Gasteiger partial charge in [-0.1, -0.05) is 29.8 Å². The molecular formula is C24H32BrF3K2O9. The van der Waals surface area contributed by atoms with Crippen LogP contribution >= 0.6 is 15.9 Å². The van der Waals surface area contributed by atoms with Crippen molar-refractivity contribution in [3.63, 3.8) is 0 Å². The Balaban J connectivity index is -0.000000105. The second kappa shape index (κ2) is 30.9. The normalized spacial score (nSPS) is 8.79. The summed E-state index contributed by atoms with van der Waals surface area (Å²) in [5, 5.41) is 17.2. The zero-order valence-electron chi connectivity index (χ0n) is 25.1. The van der Waals surface area contributed by atoms with E-state index in [1.165, 1.54) is 32.4 Å². The predicted molar refractivity (Wildman–Crippen MR) is 132 cm³/mol. The van der Waals surface area contributed by atoms with E-state index in [1.807, 2.05) is 0 Å². The average molecular weight is 681 g/mol. The number of hydrogen-bond donors (Lipinski definition) is 1. The molecule has 2 rings (SSSR count). The first-order chi connectivity index (χ1) is 17.7. The fraction of sp³-hybridized carbons (Fsp3) is 0.375. The Bertz CT molecular complexity index is 962. The number of carbonyl (C=O) groups excluding carboxylic acids is 3. The summed E-state index contributed by atoms with van der Waals surface area (Å²) in [6.07, 6.45) is -0.108. The van der Waals surface area contributed by atoms with E-state index in [0.717, 1.165) is 18.2 Å². The maximum atomic E-state index is 13.4. The number of phenols is 1. The third kappa shape index (κ3) is 26.6. The van der Waals surface area contributed by atoms with E-state index in [4.69, 9.17) is 21.3 Å². The maximum Gasteiger partial charge on any atom is 1.00 e. The molecule has 0 saturated heterocycles. The van der Waals surface area contributed by atoms with Crippen LogP contribution in [0.5, 0.6) is 11.5 Å². The van der Waals surface area contributed by atoms with Crippen LogP contribution in [0.15, 0.2) is 36.4 Å². The first-order valence-electron chi connectivity index (χ1n) is 10.8. The number of hydrogen-bond acceptors (Lipinski definition) is 9. The molecule has 2 aromatic rings. The van der Waals surface area contributed by atoms with Crippen LogP contribution < -0.4 is 113 Å². The third-order valence-electron chi connectivity index (χ3n) is 3.12. The second-order valence-corrected chi connectivity index (χ2v) is 8.50. The van der Waals surface area contributed by atoms with Gasteiger partial charge < -0.3 is 30.9 Å². The standard InChI is InChI=1S/C11H13FO3.C8H7FO3.C3H7Br.CH3F.CH2O3.2K.H/c1-7(2)15-10-5-4-8(6-9(10)12)11(13)14-3;1-12-8(11)5-2-3-7(10)6(9)4-5;1-3(2)4;1-2;2-1-4-3;;;/h4-7H,1-3H3;2-4,10H,1H3;3H,1-2H3;1H3;1,3H;;;/q;;;;;2*+1;-1/p-1/i;;;1D;;;;. The van der Waals surface area contributed by atoms with Gasteiger partial charge in [0.15, 0.2) is 23.1 Å². The van der Waals surface area contributed by atoms with Crippen LogP contribution in [0.1, 0.15) is 51.2 Å². The van der Waals surface area contributed by atoms with Crippen LogP contribution in [0.4, 0.5) is 13.2 Å². The zero-order chi connectivity index (χ0) is 30.3. The van der Waals surface area contributed by atoms with E-state index in [9.17, 15) is 22.8 Å². The Kier molecular flexibility index (Phi) is 36.4. The molecule has 9 nitrogen and oxygen atoms in total. The van der Waals surface area contributed by atoms with Gasteiger partial charge in [-0.25, -0.2) is 18.4 Å². The number of ether oxygens (including phenoxy) is 3. The fourth-order valence-corrected chi connectivity index (χ4v) is 1.85. The minimum atomic E-state index is -1.00. The van der Waals surface area contributed by atoms with E-state index < -0.39 is 36.5 Å².